The van der Waals surface area contributed by atoms with Crippen molar-refractivity contribution in [3.05, 3.63) is 5.89 Å². The van der Waals surface area contributed by atoms with Gasteiger partial charge in [-0.25, -0.2) is 0 Å². The lowest BCUT2D eigenvalue weighted by Gasteiger charge is -2.19. The summed E-state index contributed by atoms with van der Waals surface area (Å²) in [5, 5.41) is 14.0. The first-order valence-electron chi connectivity index (χ1n) is 7.20. The van der Waals surface area contributed by atoms with Crippen molar-refractivity contribution in [3.8, 4) is 0 Å². The highest BCUT2D eigenvalue weighted by Gasteiger charge is 2.25. The lowest BCUT2D eigenvalue weighted by Crippen LogP contribution is -2.24. The molecule has 0 spiro atoms. The molecule has 19 heavy (non-hydrogen) atoms. The minimum Gasteiger partial charge on any atom is -0.406 e. The number of nitrogens with one attached hydrogen (secondary N) is 2. The number of amides is 1. The van der Waals surface area contributed by atoms with Crippen LogP contribution in [-0.4, -0.2) is 22.6 Å². The zero-order valence-corrected chi connectivity index (χ0v) is 11.0. The Kier molecular flexibility index (Phi) is 3.77. The molecule has 2 heterocycles. The van der Waals surface area contributed by atoms with E-state index in [4.69, 9.17) is 4.42 Å². The van der Waals surface area contributed by atoms with E-state index in [9.17, 15) is 4.79 Å². The molecule has 104 valence electrons. The van der Waals surface area contributed by atoms with E-state index in [2.05, 4.69) is 20.8 Å². The number of hydrogen-bond donors (Lipinski definition) is 2. The highest BCUT2D eigenvalue weighted by molar-refractivity contribution is 5.90. The summed E-state index contributed by atoms with van der Waals surface area (Å²) in [5.41, 5.74) is 0. The van der Waals surface area contributed by atoms with Gasteiger partial charge in [-0.1, -0.05) is 24.4 Å². The first-order chi connectivity index (χ1) is 9.33. The third-order valence-electron chi connectivity index (χ3n) is 4.01. The van der Waals surface area contributed by atoms with Crippen molar-refractivity contribution in [3.63, 3.8) is 0 Å². The molecule has 1 aliphatic heterocycles. The molecule has 1 atom stereocenters. The van der Waals surface area contributed by atoms with E-state index in [1.54, 1.807) is 0 Å². The van der Waals surface area contributed by atoms with Crippen LogP contribution in [0.2, 0.25) is 0 Å². The van der Waals surface area contributed by atoms with Crippen molar-refractivity contribution < 1.29 is 9.21 Å². The van der Waals surface area contributed by atoms with Crippen LogP contribution in [0.1, 0.15) is 56.9 Å². The van der Waals surface area contributed by atoms with Crippen LogP contribution in [0.4, 0.5) is 6.01 Å². The van der Waals surface area contributed by atoms with Crippen LogP contribution >= 0.6 is 0 Å². The maximum absolute atomic E-state index is 12.0. The molecule has 6 nitrogen and oxygen atoms in total. The Hall–Kier alpha value is -1.43. The molecule has 2 fully saturated rings. The SMILES string of the molecule is O=C(Nc1nnc(C2CCCN2)o1)C1CCCCC1. The van der Waals surface area contributed by atoms with Gasteiger partial charge >= 0.3 is 6.01 Å². The predicted octanol–water partition coefficient (Wildman–Crippen LogP) is 2.01. The van der Waals surface area contributed by atoms with Crippen molar-refractivity contribution >= 4 is 11.9 Å². The monoisotopic (exact) mass is 264 g/mol. The Morgan fingerprint density at radius 3 is 2.74 bits per heavy atom. The number of nitrogens with zero attached hydrogens (tertiary/aromatic N) is 2. The fraction of sp³-hybridized carbons (Fsp3) is 0.769. The van der Waals surface area contributed by atoms with Gasteiger partial charge in [0, 0.05) is 5.92 Å². The number of hydrogen-bond acceptors (Lipinski definition) is 5. The zero-order chi connectivity index (χ0) is 13.1. The molecule has 1 saturated heterocycles. The molecular weight excluding hydrogens is 244 g/mol. The van der Waals surface area contributed by atoms with Crippen molar-refractivity contribution in [2.24, 2.45) is 5.92 Å². The molecule has 0 aromatic carbocycles. The Bertz CT molecular complexity index is 434. The molecule has 1 aliphatic carbocycles. The van der Waals surface area contributed by atoms with E-state index in [0.717, 1.165) is 45.1 Å². The van der Waals surface area contributed by atoms with E-state index in [1.807, 2.05) is 0 Å². The summed E-state index contributed by atoms with van der Waals surface area (Å²) in [6.45, 7) is 0.983. The third-order valence-corrected chi connectivity index (χ3v) is 4.01. The predicted molar refractivity (Wildman–Crippen MR) is 69.5 cm³/mol. The van der Waals surface area contributed by atoms with Crippen LogP contribution < -0.4 is 10.6 Å². The maximum atomic E-state index is 12.0. The molecule has 0 bridgehead atoms. The topological polar surface area (TPSA) is 80.0 Å². The molecule has 1 unspecified atom stereocenters. The van der Waals surface area contributed by atoms with E-state index in [0.29, 0.717) is 5.89 Å². The van der Waals surface area contributed by atoms with E-state index in [-0.39, 0.29) is 23.9 Å². The Morgan fingerprint density at radius 1 is 1.16 bits per heavy atom. The maximum Gasteiger partial charge on any atom is 0.322 e. The van der Waals surface area contributed by atoms with Crippen LogP contribution in [0.25, 0.3) is 0 Å². The smallest absolute Gasteiger partial charge is 0.322 e. The van der Waals surface area contributed by atoms with Gasteiger partial charge in [0.15, 0.2) is 0 Å². The average molecular weight is 264 g/mol. The molecule has 3 rings (SSSR count). The second-order valence-corrected chi connectivity index (χ2v) is 5.42. The fourth-order valence-corrected chi connectivity index (χ4v) is 2.89. The zero-order valence-electron chi connectivity index (χ0n) is 11.0. The second kappa shape index (κ2) is 5.69. The second-order valence-electron chi connectivity index (χ2n) is 5.42. The van der Waals surface area contributed by atoms with Crippen molar-refractivity contribution in [1.29, 1.82) is 0 Å². The first-order valence-corrected chi connectivity index (χ1v) is 7.20. The number of carbonyl (C=O) groups excluding carboxylic acids is 1. The van der Waals surface area contributed by atoms with Crippen molar-refractivity contribution in [1.82, 2.24) is 15.5 Å². The molecule has 0 radical (unpaired) electrons. The van der Waals surface area contributed by atoms with E-state index < -0.39 is 0 Å². The molecule has 1 saturated carbocycles. The Morgan fingerprint density at radius 2 is 2.00 bits per heavy atom. The number of carbonyl (C=O) groups is 1. The molecule has 2 N–H and O–H groups in total. The highest BCUT2D eigenvalue weighted by Crippen LogP contribution is 2.26. The van der Waals surface area contributed by atoms with Crippen molar-refractivity contribution in [2.75, 3.05) is 11.9 Å². The van der Waals surface area contributed by atoms with Crippen LogP contribution in [0.15, 0.2) is 4.42 Å². The summed E-state index contributed by atoms with van der Waals surface area (Å²) in [4.78, 5) is 12.0. The van der Waals surface area contributed by atoms with E-state index in [1.165, 1.54) is 6.42 Å². The first kappa shape index (κ1) is 12.6. The summed E-state index contributed by atoms with van der Waals surface area (Å²) in [5.74, 6) is 0.708. The number of anilines is 1. The fourth-order valence-electron chi connectivity index (χ4n) is 2.89. The Labute approximate surface area is 112 Å². The third kappa shape index (κ3) is 2.94. The molecule has 1 aromatic heterocycles. The van der Waals surface area contributed by atoms with Crippen LogP contribution in [0.3, 0.4) is 0 Å². The van der Waals surface area contributed by atoms with Gasteiger partial charge in [0.25, 0.3) is 0 Å². The summed E-state index contributed by atoms with van der Waals surface area (Å²) in [6.07, 6.45) is 7.59. The number of rotatable bonds is 3. The van der Waals surface area contributed by atoms with Gasteiger partial charge in [0.1, 0.15) is 0 Å². The lowest BCUT2D eigenvalue weighted by molar-refractivity contribution is -0.120. The summed E-state index contributed by atoms with van der Waals surface area (Å²) in [6, 6.07) is 0.382. The molecule has 1 aromatic rings. The molecule has 2 aliphatic rings. The summed E-state index contributed by atoms with van der Waals surface area (Å²) in [7, 11) is 0. The standard InChI is InChI=1S/C13H20N4O2/c18-11(9-5-2-1-3-6-9)15-13-17-16-12(19-13)10-7-4-8-14-10/h9-10,14H,1-8H2,(H,15,17,18). The van der Waals surface area contributed by atoms with Gasteiger partial charge in [0.05, 0.1) is 6.04 Å². The van der Waals surface area contributed by atoms with Gasteiger partial charge in [-0.15, -0.1) is 5.10 Å². The van der Waals surface area contributed by atoms with Crippen molar-refractivity contribution in [2.45, 2.75) is 51.0 Å². The van der Waals surface area contributed by atoms with Gasteiger partial charge < -0.3 is 9.73 Å². The average Bonchev–Trinajstić information content (AvgIpc) is 3.10. The summed E-state index contributed by atoms with van der Waals surface area (Å²) >= 11 is 0. The quantitative estimate of drug-likeness (QED) is 0.873. The van der Waals surface area contributed by atoms with Gasteiger partial charge in [-0.05, 0) is 32.2 Å². The molecule has 1 amide bonds. The summed E-state index contributed by atoms with van der Waals surface area (Å²) < 4.78 is 5.51. The largest absolute Gasteiger partial charge is 0.406 e. The molecule has 6 heteroatoms. The number of aromatic nitrogens is 2. The van der Waals surface area contributed by atoms with Crippen LogP contribution in [0.5, 0.6) is 0 Å². The van der Waals surface area contributed by atoms with Crippen LogP contribution in [-0.2, 0) is 4.79 Å². The van der Waals surface area contributed by atoms with E-state index >= 15 is 0 Å². The van der Waals surface area contributed by atoms with Gasteiger partial charge in [0.2, 0.25) is 11.8 Å². The Balaban J connectivity index is 1.58. The minimum atomic E-state index is 0.0225. The highest BCUT2D eigenvalue weighted by atomic mass is 16.4. The lowest BCUT2D eigenvalue weighted by atomic mass is 9.89. The van der Waals surface area contributed by atoms with Gasteiger partial charge in [-0.2, -0.15) is 0 Å². The van der Waals surface area contributed by atoms with Gasteiger partial charge in [-0.3, -0.25) is 10.1 Å². The van der Waals surface area contributed by atoms with Crippen LogP contribution in [0, 0.1) is 5.92 Å². The molecular formula is C13H20N4O2. The minimum absolute atomic E-state index is 0.0225. The normalized spacial score (nSPS) is 24.5.